The second-order valence-electron chi connectivity index (χ2n) is 10.2. The Kier molecular flexibility index (Phi) is 7.91. The molecular formula is C26H39N3O5. The minimum atomic E-state index is -1.05. The van der Waals surface area contributed by atoms with Crippen LogP contribution in [0, 0.1) is 0 Å². The van der Waals surface area contributed by atoms with Gasteiger partial charge in [-0.15, -0.1) is 0 Å². The molecule has 0 saturated carbocycles. The largest absolute Gasteiger partial charge is 0.460 e. The summed E-state index contributed by atoms with van der Waals surface area (Å²) in [5.74, 6) is -0.787. The summed E-state index contributed by atoms with van der Waals surface area (Å²) in [5, 5.41) is 13.4. The lowest BCUT2D eigenvalue weighted by molar-refractivity contribution is -0.161. The summed E-state index contributed by atoms with van der Waals surface area (Å²) in [4.78, 5) is 40.5. The first-order valence-corrected chi connectivity index (χ1v) is 12.5. The van der Waals surface area contributed by atoms with Crippen LogP contribution in [0.1, 0.15) is 72.3 Å². The molecule has 2 N–H and O–H groups in total. The fourth-order valence-electron chi connectivity index (χ4n) is 5.03. The molecule has 3 heterocycles. The van der Waals surface area contributed by atoms with Gasteiger partial charge < -0.3 is 19.6 Å². The molecule has 34 heavy (non-hydrogen) atoms. The van der Waals surface area contributed by atoms with Crippen molar-refractivity contribution in [1.82, 2.24) is 5.32 Å². The van der Waals surface area contributed by atoms with Crippen LogP contribution in [-0.2, 0) is 25.5 Å². The summed E-state index contributed by atoms with van der Waals surface area (Å²) in [7, 11) is 0. The van der Waals surface area contributed by atoms with Crippen molar-refractivity contribution in [2.45, 2.75) is 90.4 Å². The van der Waals surface area contributed by atoms with Gasteiger partial charge in [0.15, 0.2) is 0 Å². The highest BCUT2D eigenvalue weighted by atomic mass is 16.6. The van der Waals surface area contributed by atoms with Crippen LogP contribution >= 0.6 is 0 Å². The fraction of sp³-hybridized carbons (Fsp3) is 0.654. The lowest BCUT2D eigenvalue weighted by Crippen LogP contribution is -2.52. The van der Waals surface area contributed by atoms with E-state index in [-0.39, 0.29) is 30.2 Å². The monoisotopic (exact) mass is 473 g/mol. The molecule has 0 aliphatic carbocycles. The van der Waals surface area contributed by atoms with Gasteiger partial charge in [-0.2, -0.15) is 0 Å². The Bertz CT molecular complexity index is 916. The van der Waals surface area contributed by atoms with E-state index in [0.717, 1.165) is 24.3 Å². The van der Waals surface area contributed by atoms with Crippen LogP contribution in [0.2, 0.25) is 0 Å². The first kappa shape index (κ1) is 26.0. The molecule has 1 aromatic rings. The lowest BCUT2D eigenvalue weighted by Gasteiger charge is -2.40. The average Bonchev–Trinajstić information content (AvgIpc) is 3.18. The van der Waals surface area contributed by atoms with Gasteiger partial charge in [-0.1, -0.05) is 19.9 Å². The summed E-state index contributed by atoms with van der Waals surface area (Å²) in [6.07, 6.45) is 2.73. The maximum atomic E-state index is 12.4. The fourth-order valence-corrected chi connectivity index (χ4v) is 5.03. The molecule has 4 rings (SSSR count). The van der Waals surface area contributed by atoms with Gasteiger partial charge in [0.25, 0.3) is 0 Å². The molecule has 1 atom stereocenters. The number of fused-ring (bicyclic) bond motifs is 1. The number of aliphatic hydroxyl groups is 1. The predicted molar refractivity (Wildman–Crippen MR) is 132 cm³/mol. The molecule has 2 amide bonds. The lowest BCUT2D eigenvalue weighted by atomic mass is 9.87. The average molecular weight is 474 g/mol. The van der Waals surface area contributed by atoms with Crippen LogP contribution in [-0.4, -0.2) is 59.8 Å². The van der Waals surface area contributed by atoms with Crippen LogP contribution in [0.15, 0.2) is 18.2 Å². The molecule has 0 radical (unpaired) electrons. The van der Waals surface area contributed by atoms with Crippen LogP contribution in [0.25, 0.3) is 0 Å². The number of carbonyl (C=O) groups excluding carboxylic acids is 3. The number of rotatable bonds is 4. The summed E-state index contributed by atoms with van der Waals surface area (Å²) in [6.45, 7) is 11.5. The van der Waals surface area contributed by atoms with Gasteiger partial charge in [-0.25, -0.2) is 0 Å². The molecule has 0 aromatic heterocycles. The minimum absolute atomic E-state index is 0.00823. The first-order valence-electron chi connectivity index (χ1n) is 12.5. The van der Waals surface area contributed by atoms with E-state index in [2.05, 4.69) is 21.2 Å². The van der Waals surface area contributed by atoms with Crippen molar-refractivity contribution >= 4 is 29.2 Å². The third kappa shape index (κ3) is 5.90. The van der Waals surface area contributed by atoms with Crippen molar-refractivity contribution in [3.63, 3.8) is 0 Å². The zero-order valence-electron chi connectivity index (χ0n) is 21.1. The Morgan fingerprint density at radius 3 is 2.38 bits per heavy atom. The van der Waals surface area contributed by atoms with E-state index in [0.29, 0.717) is 38.8 Å². The van der Waals surface area contributed by atoms with Gasteiger partial charge in [0.1, 0.15) is 11.6 Å². The predicted octanol–water partition coefficient (Wildman–Crippen LogP) is 2.94. The van der Waals surface area contributed by atoms with Gasteiger partial charge in [-0.05, 0) is 58.6 Å². The SMILES string of the molecule is CC.CC(C)(C)OC(=O)CC1(O)CCN(c2cccc3c2CCN3C2CCC(=O)NC2=O)CC1. The van der Waals surface area contributed by atoms with Crippen LogP contribution in [0.5, 0.6) is 0 Å². The van der Waals surface area contributed by atoms with Crippen LogP contribution < -0.4 is 15.1 Å². The first-order chi connectivity index (χ1) is 16.0. The van der Waals surface area contributed by atoms with Crippen molar-refractivity contribution in [2.75, 3.05) is 29.4 Å². The number of nitrogens with zero attached hydrogens (tertiary/aromatic N) is 2. The summed E-state index contributed by atoms with van der Waals surface area (Å²) >= 11 is 0. The van der Waals surface area contributed by atoms with E-state index in [1.807, 2.05) is 46.8 Å². The standard InChI is InChI=1S/C24H33N3O5.C2H6/c1-23(2,3)32-21(29)15-24(31)10-13-26(14-11-24)17-5-4-6-18-16(17)9-12-27(18)19-7-8-20(28)25-22(19)30;1-2/h4-6,19,31H,7-15H2,1-3H3,(H,25,28,30);1-2H3. The molecule has 0 spiro atoms. The normalized spacial score (nSPS) is 21.9. The quantitative estimate of drug-likeness (QED) is 0.512. The van der Waals surface area contributed by atoms with E-state index in [1.54, 1.807) is 0 Å². The molecule has 2 fully saturated rings. The number of esters is 1. The highest BCUT2D eigenvalue weighted by Gasteiger charge is 2.39. The number of nitrogens with one attached hydrogen (secondary N) is 1. The van der Waals surface area contributed by atoms with Crippen molar-refractivity contribution in [2.24, 2.45) is 0 Å². The minimum Gasteiger partial charge on any atom is -0.460 e. The number of ether oxygens (including phenoxy) is 1. The number of benzene rings is 1. The highest BCUT2D eigenvalue weighted by Crippen LogP contribution is 2.39. The van der Waals surface area contributed by atoms with Crippen molar-refractivity contribution in [3.8, 4) is 0 Å². The van der Waals surface area contributed by atoms with Gasteiger partial charge in [0, 0.05) is 43.0 Å². The molecule has 1 unspecified atom stereocenters. The molecular weight excluding hydrogens is 434 g/mol. The number of amides is 2. The molecule has 0 bridgehead atoms. The van der Waals surface area contributed by atoms with Gasteiger partial charge in [-0.3, -0.25) is 19.7 Å². The third-order valence-electron chi connectivity index (χ3n) is 6.55. The Morgan fingerprint density at radius 2 is 1.76 bits per heavy atom. The van der Waals surface area contributed by atoms with Gasteiger partial charge in [0.05, 0.1) is 12.0 Å². The third-order valence-corrected chi connectivity index (χ3v) is 6.55. The molecule has 8 nitrogen and oxygen atoms in total. The summed E-state index contributed by atoms with van der Waals surface area (Å²) in [5.41, 5.74) is 1.76. The molecule has 3 aliphatic rings. The van der Waals surface area contributed by atoms with Crippen molar-refractivity contribution < 1.29 is 24.2 Å². The number of anilines is 2. The number of piperidine rings is 2. The Morgan fingerprint density at radius 1 is 1.12 bits per heavy atom. The van der Waals surface area contributed by atoms with Gasteiger partial charge in [0.2, 0.25) is 11.8 Å². The van der Waals surface area contributed by atoms with Gasteiger partial charge >= 0.3 is 5.97 Å². The zero-order chi connectivity index (χ0) is 25.1. The maximum absolute atomic E-state index is 12.4. The number of imide groups is 1. The molecule has 188 valence electrons. The zero-order valence-corrected chi connectivity index (χ0v) is 21.1. The highest BCUT2D eigenvalue weighted by molar-refractivity contribution is 6.02. The Labute approximate surface area is 202 Å². The summed E-state index contributed by atoms with van der Waals surface area (Å²) < 4.78 is 5.39. The van der Waals surface area contributed by atoms with Crippen LogP contribution in [0.4, 0.5) is 11.4 Å². The molecule has 3 aliphatic heterocycles. The van der Waals surface area contributed by atoms with Crippen molar-refractivity contribution in [3.05, 3.63) is 23.8 Å². The number of carbonyl (C=O) groups is 3. The topological polar surface area (TPSA) is 99.2 Å². The Balaban J connectivity index is 0.00000158. The second kappa shape index (κ2) is 10.3. The molecule has 1 aromatic carbocycles. The Hall–Kier alpha value is -2.61. The van der Waals surface area contributed by atoms with E-state index >= 15 is 0 Å². The molecule has 2 saturated heterocycles. The van der Waals surface area contributed by atoms with E-state index in [4.69, 9.17) is 4.74 Å². The molecule has 8 heteroatoms. The smallest absolute Gasteiger partial charge is 0.309 e. The van der Waals surface area contributed by atoms with E-state index in [9.17, 15) is 19.5 Å². The van der Waals surface area contributed by atoms with E-state index in [1.165, 1.54) is 5.56 Å². The number of hydrogen-bond donors (Lipinski definition) is 2. The number of hydrogen-bond acceptors (Lipinski definition) is 7. The van der Waals surface area contributed by atoms with E-state index < -0.39 is 11.2 Å². The van der Waals surface area contributed by atoms with Crippen LogP contribution in [0.3, 0.4) is 0 Å². The second-order valence-corrected chi connectivity index (χ2v) is 10.2. The summed E-state index contributed by atoms with van der Waals surface area (Å²) in [6, 6.07) is 5.81. The maximum Gasteiger partial charge on any atom is 0.309 e. The van der Waals surface area contributed by atoms with Crippen molar-refractivity contribution in [1.29, 1.82) is 0 Å².